The molecule has 4 aromatic carbocycles. The van der Waals surface area contributed by atoms with E-state index in [9.17, 15) is 33.0 Å². The lowest BCUT2D eigenvalue weighted by molar-refractivity contribution is -0.119. The second-order valence-electron chi connectivity index (χ2n) is 15.6. The molecule has 4 aromatic rings. The first-order valence-electron chi connectivity index (χ1n) is 19.0. The number of ketones is 2. The van der Waals surface area contributed by atoms with E-state index in [0.717, 1.165) is 47.9 Å². The van der Waals surface area contributed by atoms with Crippen LogP contribution in [0.4, 0.5) is 13.2 Å². The molecule has 0 amide bonds. The molecular formula is C46H42ClF3O4. The van der Waals surface area contributed by atoms with Crippen LogP contribution in [0.3, 0.4) is 0 Å². The van der Waals surface area contributed by atoms with Crippen LogP contribution in [0.2, 0.25) is 5.02 Å². The quantitative estimate of drug-likeness (QED) is 0.218. The normalized spacial score (nSPS) is 23.8. The fraction of sp³-hybridized carbons (Fsp3) is 0.348. The van der Waals surface area contributed by atoms with Gasteiger partial charge in [-0.15, -0.1) is 0 Å². The van der Waals surface area contributed by atoms with Crippen molar-refractivity contribution in [1.29, 1.82) is 0 Å². The van der Waals surface area contributed by atoms with Crippen LogP contribution in [-0.4, -0.2) is 21.8 Å². The van der Waals surface area contributed by atoms with Crippen molar-refractivity contribution in [2.45, 2.75) is 72.1 Å². The molecule has 0 radical (unpaired) electrons. The van der Waals surface area contributed by atoms with Gasteiger partial charge in [-0.1, -0.05) is 61.8 Å². The fourth-order valence-corrected chi connectivity index (χ4v) is 10.0. The minimum Gasteiger partial charge on any atom is -0.511 e. The monoisotopic (exact) mass is 750 g/mol. The molecule has 5 unspecified atom stereocenters. The number of fused-ring (bicyclic) bond motifs is 5. The molecule has 0 saturated heterocycles. The first kappa shape index (κ1) is 36.4. The molecule has 9 bridgehead atoms. The van der Waals surface area contributed by atoms with Crippen LogP contribution in [0.1, 0.15) is 79.3 Å². The van der Waals surface area contributed by atoms with Gasteiger partial charge >= 0.3 is 0 Å². The Kier molecular flexibility index (Phi) is 9.36. The van der Waals surface area contributed by atoms with Crippen LogP contribution in [0.25, 0.3) is 33.4 Å². The van der Waals surface area contributed by atoms with Gasteiger partial charge in [0.1, 0.15) is 29.0 Å². The summed E-state index contributed by atoms with van der Waals surface area (Å²) < 4.78 is 43.9. The standard InChI is InChI=1S/C23H22ClFO2.C23H20F2O2/c1-3-13-5-6-14(17-9-4-12(2)21(25)20(17)24)11-18(13)19-22(26)15-7-8-16(10-15)23(19)27;1-2-12-3-4-13-9-16(12)21-22(26)15-8-14(17(10-15)23(21)27)5-11-6-18(24)20(13)19(25)7-11/h4-6,9,11,15-16,26H,3,7-8,10H2,1-2H3;3-4,6-7,9,14-15,17,26H,2,5,8,10H2,1H3. The van der Waals surface area contributed by atoms with E-state index in [-0.39, 0.29) is 63.3 Å². The molecule has 0 aliphatic heterocycles. The number of carbonyl (C=O) groups is 2. The third-order valence-corrected chi connectivity index (χ3v) is 13.0. The summed E-state index contributed by atoms with van der Waals surface area (Å²) in [5, 5.41) is 21.7. The van der Waals surface area contributed by atoms with Gasteiger partial charge in [-0.05, 0) is 133 Å². The predicted octanol–water partition coefficient (Wildman–Crippen LogP) is 11.5. The van der Waals surface area contributed by atoms with Gasteiger partial charge in [-0.2, -0.15) is 0 Å². The van der Waals surface area contributed by atoms with Crippen LogP contribution in [0.15, 0.2) is 72.2 Å². The number of hydrogen-bond donors (Lipinski definition) is 2. The highest BCUT2D eigenvalue weighted by molar-refractivity contribution is 6.33. The zero-order valence-corrected chi connectivity index (χ0v) is 31.3. The van der Waals surface area contributed by atoms with Crippen LogP contribution >= 0.6 is 11.6 Å². The molecule has 278 valence electrons. The number of aryl methyl sites for hydroxylation is 3. The van der Waals surface area contributed by atoms with Crippen molar-refractivity contribution in [1.82, 2.24) is 0 Å². The van der Waals surface area contributed by atoms with E-state index in [4.69, 9.17) is 11.6 Å². The number of halogens is 4. The van der Waals surface area contributed by atoms with Crippen molar-refractivity contribution in [3.05, 3.63) is 128 Å². The Morgan fingerprint density at radius 1 is 0.685 bits per heavy atom. The van der Waals surface area contributed by atoms with Crippen molar-refractivity contribution in [3.8, 4) is 22.3 Å². The molecule has 6 aliphatic rings. The molecular weight excluding hydrogens is 709 g/mol. The van der Waals surface area contributed by atoms with Gasteiger partial charge in [0.25, 0.3) is 0 Å². The van der Waals surface area contributed by atoms with Gasteiger partial charge in [-0.25, -0.2) is 13.2 Å². The highest BCUT2D eigenvalue weighted by atomic mass is 35.5. The number of Topliss-reactive ketones (excluding diaryl/α,β-unsaturated/α-hetero) is 2. The zero-order valence-electron chi connectivity index (χ0n) is 30.5. The summed E-state index contributed by atoms with van der Waals surface area (Å²) in [5.74, 6) is -1.33. The number of carbonyl (C=O) groups excluding carboxylic acids is 2. The SMILES string of the molecule is CCc1ccc(-c2ccc(C)c(F)c2Cl)cc1C1=C(O)C2CCC(C2)C1=O.CCc1ccc2cc1C1=C(O)C3CC(Cc4cc(F)c-2c(F)c4)C(C3)C1=O. The lowest BCUT2D eigenvalue weighted by Crippen LogP contribution is -2.26. The Labute approximate surface area is 318 Å². The van der Waals surface area contributed by atoms with Crippen LogP contribution in [0.5, 0.6) is 0 Å². The second kappa shape index (κ2) is 13.9. The molecule has 0 spiro atoms. The largest absolute Gasteiger partial charge is 0.511 e. The molecule has 0 aromatic heterocycles. The van der Waals surface area contributed by atoms with Crippen LogP contribution in [-0.2, 0) is 28.9 Å². The van der Waals surface area contributed by atoms with E-state index in [1.807, 2.05) is 38.1 Å². The number of allylic oxidation sites excluding steroid dienone is 4. The van der Waals surface area contributed by atoms with Crippen molar-refractivity contribution in [2.24, 2.45) is 29.6 Å². The number of aliphatic hydroxyl groups is 2. The highest BCUT2D eigenvalue weighted by Gasteiger charge is 2.47. The summed E-state index contributed by atoms with van der Waals surface area (Å²) >= 11 is 6.26. The Bertz CT molecular complexity index is 2300. The molecule has 54 heavy (non-hydrogen) atoms. The summed E-state index contributed by atoms with van der Waals surface area (Å²) in [6.45, 7) is 5.67. The number of benzene rings is 4. The molecule has 2 fully saturated rings. The maximum atomic E-state index is 14.8. The third kappa shape index (κ3) is 5.90. The Morgan fingerprint density at radius 2 is 1.28 bits per heavy atom. The molecule has 6 aliphatic carbocycles. The molecule has 8 heteroatoms. The molecule has 2 N–H and O–H groups in total. The number of hydrogen-bond acceptors (Lipinski definition) is 4. The van der Waals surface area contributed by atoms with Gasteiger partial charge in [0.15, 0.2) is 11.6 Å². The van der Waals surface area contributed by atoms with E-state index >= 15 is 0 Å². The van der Waals surface area contributed by atoms with Crippen molar-refractivity contribution in [3.63, 3.8) is 0 Å². The van der Waals surface area contributed by atoms with Crippen molar-refractivity contribution in [2.75, 3.05) is 0 Å². The van der Waals surface area contributed by atoms with Gasteiger partial charge in [0, 0.05) is 29.2 Å². The molecule has 0 heterocycles. The summed E-state index contributed by atoms with van der Waals surface area (Å²) in [6, 6.07) is 17.2. The lowest BCUT2D eigenvalue weighted by Gasteiger charge is -2.26. The van der Waals surface area contributed by atoms with Gasteiger partial charge in [0.2, 0.25) is 0 Å². The van der Waals surface area contributed by atoms with Gasteiger partial charge < -0.3 is 10.2 Å². The number of rotatable bonds is 4. The maximum absolute atomic E-state index is 14.8. The molecule has 5 atom stereocenters. The predicted molar refractivity (Wildman–Crippen MR) is 205 cm³/mol. The average molecular weight is 751 g/mol. The van der Waals surface area contributed by atoms with Crippen molar-refractivity contribution >= 4 is 34.3 Å². The Balaban J connectivity index is 0.000000153. The van der Waals surface area contributed by atoms with E-state index < -0.39 is 17.5 Å². The van der Waals surface area contributed by atoms with E-state index in [1.54, 1.807) is 31.2 Å². The van der Waals surface area contributed by atoms with Crippen LogP contribution in [0, 0.1) is 54.0 Å². The van der Waals surface area contributed by atoms with Gasteiger partial charge in [-0.3, -0.25) is 9.59 Å². The number of aliphatic hydroxyl groups excluding tert-OH is 2. The van der Waals surface area contributed by atoms with Crippen LogP contribution < -0.4 is 0 Å². The topological polar surface area (TPSA) is 74.6 Å². The highest BCUT2D eigenvalue weighted by Crippen LogP contribution is 2.51. The second-order valence-corrected chi connectivity index (χ2v) is 16.0. The fourth-order valence-electron chi connectivity index (χ4n) is 9.70. The summed E-state index contributed by atoms with van der Waals surface area (Å²) in [4.78, 5) is 26.3. The smallest absolute Gasteiger partial charge is 0.170 e. The summed E-state index contributed by atoms with van der Waals surface area (Å²) in [6.07, 6.45) is 5.63. The summed E-state index contributed by atoms with van der Waals surface area (Å²) in [5.41, 5.74) is 6.83. The Hall–Kier alpha value is -4.62. The summed E-state index contributed by atoms with van der Waals surface area (Å²) in [7, 11) is 0. The molecule has 10 rings (SSSR count). The third-order valence-electron chi connectivity index (χ3n) is 12.6. The maximum Gasteiger partial charge on any atom is 0.170 e. The first-order valence-corrected chi connectivity index (χ1v) is 19.4. The van der Waals surface area contributed by atoms with Crippen molar-refractivity contribution < 1.29 is 33.0 Å². The lowest BCUT2D eigenvalue weighted by atomic mass is 9.78. The van der Waals surface area contributed by atoms with E-state index in [2.05, 4.69) is 0 Å². The minimum atomic E-state index is -0.577. The molecule has 4 nitrogen and oxygen atoms in total. The van der Waals surface area contributed by atoms with E-state index in [0.29, 0.717) is 64.6 Å². The van der Waals surface area contributed by atoms with E-state index in [1.165, 1.54) is 12.1 Å². The zero-order chi connectivity index (χ0) is 38.2. The minimum absolute atomic E-state index is 0.000476. The first-order chi connectivity index (χ1) is 25.9. The molecule has 2 saturated carbocycles. The van der Waals surface area contributed by atoms with Gasteiger partial charge in [0.05, 0.1) is 21.7 Å². The average Bonchev–Trinajstić information content (AvgIpc) is 3.78. The Morgan fingerprint density at radius 3 is 1.94 bits per heavy atom.